The fraction of sp³-hybridized carbons (Fsp3) is 0.375. The van der Waals surface area contributed by atoms with Crippen LogP contribution in [0.2, 0.25) is 0 Å². The van der Waals surface area contributed by atoms with Gasteiger partial charge in [0.05, 0.1) is 16.8 Å². The van der Waals surface area contributed by atoms with Gasteiger partial charge in [0.15, 0.2) is 0 Å². The number of nitrogens with zero attached hydrogens (tertiary/aromatic N) is 7. The molecule has 0 unspecified atom stereocenters. The number of pyridine rings is 1. The van der Waals surface area contributed by atoms with Crippen molar-refractivity contribution < 1.29 is 19.0 Å². The number of hydrogen-bond acceptors (Lipinski definition) is 9. The molecule has 11 nitrogen and oxygen atoms in total. The van der Waals surface area contributed by atoms with E-state index in [0.717, 1.165) is 78.2 Å². The summed E-state index contributed by atoms with van der Waals surface area (Å²) < 4.78 is 20.1. The van der Waals surface area contributed by atoms with E-state index in [4.69, 9.17) is 24.3 Å². The summed E-state index contributed by atoms with van der Waals surface area (Å²) in [6, 6.07) is 30.5. The maximum Gasteiger partial charge on any atom is 0.410 e. The third kappa shape index (κ3) is 8.10. The highest BCUT2D eigenvalue weighted by molar-refractivity contribution is 6.01. The van der Waals surface area contributed by atoms with Gasteiger partial charge in [-0.05, 0) is 44.0 Å². The molecule has 3 aromatic carbocycles. The summed E-state index contributed by atoms with van der Waals surface area (Å²) in [6.45, 7) is 13.0. The number of piperazine rings is 2. The van der Waals surface area contributed by atoms with E-state index in [9.17, 15) is 4.79 Å². The third-order valence-corrected chi connectivity index (χ3v) is 9.29. The number of fused-ring (bicyclic) bond motifs is 1. The predicted octanol–water partition coefficient (Wildman–Crippen LogP) is 6.38. The first kappa shape index (κ1) is 34.3. The lowest BCUT2D eigenvalue weighted by molar-refractivity contribution is -0.0633. The first-order valence-corrected chi connectivity index (χ1v) is 17.7. The van der Waals surface area contributed by atoms with Gasteiger partial charge in [-0.15, -0.1) is 0 Å². The number of ether oxygens (including phenoxy) is 3. The van der Waals surface area contributed by atoms with E-state index in [1.165, 1.54) is 0 Å². The number of rotatable bonds is 9. The molecule has 266 valence electrons. The highest BCUT2D eigenvalue weighted by Gasteiger charge is 2.30. The molecule has 0 atom stereocenters. The largest absolute Gasteiger partial charge is 0.473 e. The Labute approximate surface area is 299 Å². The number of carbonyl (C=O) groups is 1. The normalized spacial score (nSPS) is 16.0. The van der Waals surface area contributed by atoms with E-state index in [2.05, 4.69) is 33.1 Å². The Hall–Kier alpha value is -5.13. The van der Waals surface area contributed by atoms with Gasteiger partial charge in [-0.25, -0.2) is 14.8 Å². The van der Waals surface area contributed by atoms with Gasteiger partial charge < -0.3 is 24.0 Å². The van der Waals surface area contributed by atoms with Crippen LogP contribution >= 0.6 is 0 Å². The number of para-hydroxylation sites is 1. The zero-order chi connectivity index (χ0) is 35.4. The van der Waals surface area contributed by atoms with Crippen molar-refractivity contribution in [2.75, 3.05) is 57.3 Å². The van der Waals surface area contributed by atoms with Gasteiger partial charge in [0.25, 0.3) is 0 Å². The van der Waals surface area contributed by atoms with Crippen LogP contribution in [0.1, 0.15) is 31.9 Å². The van der Waals surface area contributed by atoms with Crippen LogP contribution in [0, 0.1) is 0 Å². The lowest BCUT2D eigenvalue weighted by Crippen LogP contribution is -2.59. The van der Waals surface area contributed by atoms with Crippen LogP contribution in [0.5, 0.6) is 11.8 Å². The molecule has 0 spiro atoms. The highest BCUT2D eigenvalue weighted by atomic mass is 16.6. The number of aromatic nitrogens is 3. The molecule has 0 radical (unpaired) electrons. The van der Waals surface area contributed by atoms with Crippen LogP contribution in [0.15, 0.2) is 91.0 Å². The molecule has 2 aliphatic rings. The first-order chi connectivity index (χ1) is 24.7. The quantitative estimate of drug-likeness (QED) is 0.175. The van der Waals surface area contributed by atoms with Gasteiger partial charge in [-0.1, -0.05) is 72.8 Å². The van der Waals surface area contributed by atoms with E-state index in [0.29, 0.717) is 38.1 Å². The Morgan fingerprint density at radius 2 is 1.31 bits per heavy atom. The topological polar surface area (TPSA) is 88.4 Å². The zero-order valence-electron chi connectivity index (χ0n) is 30.0. The summed E-state index contributed by atoms with van der Waals surface area (Å²) in [5.41, 5.74) is 5.51. The van der Waals surface area contributed by atoms with Crippen LogP contribution in [0.4, 0.5) is 10.5 Å². The molecule has 11 heteroatoms. The molecule has 0 aliphatic carbocycles. The minimum Gasteiger partial charge on any atom is -0.473 e. The molecule has 0 saturated carbocycles. The SMILES string of the molecule is Cn1nc(-c2ccc(OCc3ccccc3)nc2OCc2ccccc2)c2cccc(N3CCN(N4CCN(C(=O)OC(C)(C)C)CC4)CC3)c21. The fourth-order valence-electron chi connectivity index (χ4n) is 6.73. The van der Waals surface area contributed by atoms with E-state index in [1.807, 2.05) is 110 Å². The molecule has 2 aliphatic heterocycles. The number of hydrogen-bond donors (Lipinski definition) is 0. The molecular weight excluding hydrogens is 642 g/mol. The third-order valence-electron chi connectivity index (χ3n) is 9.29. The minimum atomic E-state index is -0.487. The molecule has 2 fully saturated rings. The van der Waals surface area contributed by atoms with Crippen molar-refractivity contribution in [3.8, 4) is 23.0 Å². The lowest BCUT2D eigenvalue weighted by Gasteiger charge is -2.45. The summed E-state index contributed by atoms with van der Waals surface area (Å²) >= 11 is 0. The molecule has 51 heavy (non-hydrogen) atoms. The Kier molecular flexibility index (Phi) is 10.1. The van der Waals surface area contributed by atoms with Gasteiger partial charge in [-0.3, -0.25) is 4.68 Å². The smallest absolute Gasteiger partial charge is 0.410 e. The molecule has 2 saturated heterocycles. The van der Waals surface area contributed by atoms with Crippen LogP contribution < -0.4 is 14.4 Å². The average Bonchev–Trinajstić information content (AvgIpc) is 3.49. The molecular formula is C40H47N7O4. The molecule has 7 rings (SSSR count). The van der Waals surface area contributed by atoms with Crippen molar-refractivity contribution >= 4 is 22.7 Å². The maximum atomic E-state index is 12.6. The second-order valence-electron chi connectivity index (χ2n) is 14.1. The summed E-state index contributed by atoms with van der Waals surface area (Å²) in [5, 5.41) is 10.9. The van der Waals surface area contributed by atoms with Crippen molar-refractivity contribution in [1.29, 1.82) is 0 Å². The average molecular weight is 690 g/mol. The van der Waals surface area contributed by atoms with Crippen molar-refractivity contribution in [3.63, 3.8) is 0 Å². The lowest BCUT2D eigenvalue weighted by atomic mass is 10.1. The monoisotopic (exact) mass is 689 g/mol. The Morgan fingerprint density at radius 3 is 1.94 bits per heavy atom. The van der Waals surface area contributed by atoms with Gasteiger partial charge in [0.2, 0.25) is 11.8 Å². The summed E-state index contributed by atoms with van der Waals surface area (Å²) in [6.07, 6.45) is -0.228. The molecule has 4 heterocycles. The second kappa shape index (κ2) is 15.0. The first-order valence-electron chi connectivity index (χ1n) is 17.7. The van der Waals surface area contributed by atoms with Crippen molar-refractivity contribution in [2.24, 2.45) is 7.05 Å². The molecule has 1 amide bonds. The highest BCUT2D eigenvalue weighted by Crippen LogP contribution is 2.38. The van der Waals surface area contributed by atoms with Gasteiger partial charge >= 0.3 is 6.09 Å². The number of hydrazine groups is 1. The fourth-order valence-corrected chi connectivity index (χ4v) is 6.73. The molecule has 5 aromatic rings. The van der Waals surface area contributed by atoms with Gasteiger partial charge in [0.1, 0.15) is 24.5 Å². The Bertz CT molecular complexity index is 1930. The van der Waals surface area contributed by atoms with Crippen LogP contribution in [-0.4, -0.2) is 93.7 Å². The van der Waals surface area contributed by atoms with Crippen LogP contribution in [-0.2, 0) is 25.0 Å². The Balaban J connectivity index is 1.08. The molecule has 2 aromatic heterocycles. The molecule has 0 bridgehead atoms. The molecule has 0 N–H and O–H groups in total. The number of aryl methyl sites for hydroxylation is 1. The number of anilines is 1. The second-order valence-corrected chi connectivity index (χ2v) is 14.1. The van der Waals surface area contributed by atoms with Crippen molar-refractivity contribution in [2.45, 2.75) is 39.6 Å². The minimum absolute atomic E-state index is 0.228. The van der Waals surface area contributed by atoms with E-state index >= 15 is 0 Å². The summed E-state index contributed by atoms with van der Waals surface area (Å²) in [7, 11) is 2.00. The van der Waals surface area contributed by atoms with Gasteiger partial charge in [-0.2, -0.15) is 10.1 Å². The van der Waals surface area contributed by atoms with E-state index < -0.39 is 5.60 Å². The van der Waals surface area contributed by atoms with Crippen molar-refractivity contribution in [1.82, 2.24) is 29.7 Å². The van der Waals surface area contributed by atoms with Crippen LogP contribution in [0.3, 0.4) is 0 Å². The zero-order valence-corrected chi connectivity index (χ0v) is 30.0. The van der Waals surface area contributed by atoms with Crippen LogP contribution in [0.25, 0.3) is 22.2 Å². The number of carbonyl (C=O) groups excluding carboxylic acids is 1. The van der Waals surface area contributed by atoms with Crippen molar-refractivity contribution in [3.05, 3.63) is 102 Å². The standard InChI is InChI=1S/C40H47N7O4/c1-40(2,3)51-39(48)45-22-26-47(27-23-45)46-24-20-44(21-25-46)34-17-11-16-32-36(42-43(4)37(32)34)33-18-19-35(49-28-30-12-7-5-8-13-30)41-38(33)50-29-31-14-9-6-10-15-31/h5-19H,20-29H2,1-4H3. The predicted molar refractivity (Wildman–Crippen MR) is 199 cm³/mol. The summed E-state index contributed by atoms with van der Waals surface area (Å²) in [5.74, 6) is 0.978. The number of amides is 1. The summed E-state index contributed by atoms with van der Waals surface area (Å²) in [4.78, 5) is 21.7. The van der Waals surface area contributed by atoms with E-state index in [1.54, 1.807) is 0 Å². The maximum absolute atomic E-state index is 12.6. The Morgan fingerprint density at radius 1 is 0.706 bits per heavy atom. The van der Waals surface area contributed by atoms with E-state index in [-0.39, 0.29) is 6.09 Å². The number of benzene rings is 3. The van der Waals surface area contributed by atoms with Gasteiger partial charge in [0, 0.05) is 70.9 Å².